The van der Waals surface area contributed by atoms with E-state index < -0.39 is 6.10 Å². The first-order valence-corrected chi connectivity index (χ1v) is 9.28. The minimum atomic E-state index is -0.508. The van der Waals surface area contributed by atoms with E-state index in [4.69, 9.17) is 16.3 Å². The predicted molar refractivity (Wildman–Crippen MR) is 87.5 cm³/mol. The lowest BCUT2D eigenvalue weighted by Crippen LogP contribution is -2.41. The van der Waals surface area contributed by atoms with Gasteiger partial charge in [-0.25, -0.2) is 0 Å². The van der Waals surface area contributed by atoms with Gasteiger partial charge in [0.15, 0.2) is 0 Å². The summed E-state index contributed by atoms with van der Waals surface area (Å²) in [5.74, 6) is 2.46. The molecule has 3 rings (SSSR count). The maximum atomic E-state index is 10.7. The number of hydrogen-bond donors (Lipinski definition) is 1. The summed E-state index contributed by atoms with van der Waals surface area (Å²) in [5.41, 5.74) is 0.821. The van der Waals surface area contributed by atoms with Gasteiger partial charge in [-0.3, -0.25) is 0 Å². The number of benzene rings is 1. The second-order valence-corrected chi connectivity index (χ2v) is 8.01. The van der Waals surface area contributed by atoms with Gasteiger partial charge in [-0.05, 0) is 52.9 Å². The fraction of sp³-hybridized carbons (Fsp3) is 0.600. The van der Waals surface area contributed by atoms with E-state index >= 15 is 0 Å². The van der Waals surface area contributed by atoms with Gasteiger partial charge in [0, 0.05) is 22.4 Å². The van der Waals surface area contributed by atoms with Crippen LogP contribution < -0.4 is 0 Å². The minimum Gasteiger partial charge on any atom is -0.388 e. The first kappa shape index (κ1) is 15.2. The summed E-state index contributed by atoms with van der Waals surface area (Å²) < 4.78 is 6.86. The van der Waals surface area contributed by atoms with Crippen LogP contribution in [0.1, 0.15) is 30.9 Å². The van der Waals surface area contributed by atoms with Gasteiger partial charge in [0.05, 0.1) is 16.7 Å². The van der Waals surface area contributed by atoms with E-state index in [1.54, 1.807) is 0 Å². The van der Waals surface area contributed by atoms with Crippen molar-refractivity contribution in [1.82, 2.24) is 0 Å². The minimum absolute atomic E-state index is 0.00689. The normalized spacial score (nSPS) is 31.6. The zero-order valence-electron chi connectivity index (χ0n) is 11.1. The van der Waals surface area contributed by atoms with Crippen LogP contribution >= 0.6 is 39.3 Å². The topological polar surface area (TPSA) is 29.5 Å². The van der Waals surface area contributed by atoms with E-state index in [1.165, 1.54) is 5.75 Å². The molecule has 0 saturated carbocycles. The molecule has 0 aromatic heterocycles. The molecule has 3 atom stereocenters. The van der Waals surface area contributed by atoms with Gasteiger partial charge in [-0.2, -0.15) is 11.8 Å². The van der Waals surface area contributed by atoms with E-state index in [2.05, 4.69) is 15.9 Å². The van der Waals surface area contributed by atoms with Gasteiger partial charge in [-0.15, -0.1) is 0 Å². The van der Waals surface area contributed by atoms with Crippen LogP contribution in [0.3, 0.4) is 0 Å². The maximum Gasteiger partial charge on any atom is 0.0834 e. The van der Waals surface area contributed by atoms with Gasteiger partial charge >= 0.3 is 0 Å². The van der Waals surface area contributed by atoms with Crippen molar-refractivity contribution >= 4 is 39.3 Å². The lowest BCUT2D eigenvalue weighted by molar-refractivity contribution is -0.102. The SMILES string of the molecule is OC(c1cccc(Br)c1Cl)C1CCOC2(CCSC2)C1. The summed E-state index contributed by atoms with van der Waals surface area (Å²) in [7, 11) is 0. The Kier molecular flexibility index (Phi) is 4.68. The molecule has 2 saturated heterocycles. The highest BCUT2D eigenvalue weighted by atomic mass is 79.9. The van der Waals surface area contributed by atoms with Gasteiger partial charge in [0.25, 0.3) is 0 Å². The van der Waals surface area contributed by atoms with Crippen molar-refractivity contribution in [2.45, 2.75) is 31.0 Å². The van der Waals surface area contributed by atoms with Crippen molar-refractivity contribution in [2.75, 3.05) is 18.1 Å². The van der Waals surface area contributed by atoms with E-state index in [0.29, 0.717) is 5.02 Å². The molecule has 1 aromatic carbocycles. The molecule has 1 N–H and O–H groups in total. The van der Waals surface area contributed by atoms with Crippen LogP contribution in [0.5, 0.6) is 0 Å². The third-order valence-electron chi connectivity index (χ3n) is 4.34. The Bertz CT molecular complexity index is 491. The van der Waals surface area contributed by atoms with Crippen LogP contribution in [0.4, 0.5) is 0 Å². The van der Waals surface area contributed by atoms with Crippen molar-refractivity contribution in [3.8, 4) is 0 Å². The Morgan fingerprint density at radius 3 is 3.10 bits per heavy atom. The number of aliphatic hydroxyl groups is 1. The van der Waals surface area contributed by atoms with Crippen molar-refractivity contribution in [3.63, 3.8) is 0 Å². The lowest BCUT2D eigenvalue weighted by atomic mass is 9.80. The molecule has 1 aromatic rings. The lowest BCUT2D eigenvalue weighted by Gasteiger charge is -2.39. The van der Waals surface area contributed by atoms with Crippen molar-refractivity contribution in [2.24, 2.45) is 5.92 Å². The van der Waals surface area contributed by atoms with Crippen LogP contribution in [-0.4, -0.2) is 28.8 Å². The Balaban J connectivity index is 1.79. The van der Waals surface area contributed by atoms with Crippen molar-refractivity contribution in [1.29, 1.82) is 0 Å². The molecule has 2 aliphatic heterocycles. The molecular weight excluding hydrogens is 360 g/mol. The standard InChI is InChI=1S/C15H18BrClO2S/c16-12-3-1-2-11(13(12)17)14(18)10-4-6-19-15(8-10)5-7-20-9-15/h1-3,10,14,18H,4-9H2. The van der Waals surface area contributed by atoms with Crippen LogP contribution in [0.2, 0.25) is 5.02 Å². The average molecular weight is 378 g/mol. The zero-order valence-corrected chi connectivity index (χ0v) is 14.3. The highest BCUT2D eigenvalue weighted by molar-refractivity contribution is 9.10. The Morgan fingerprint density at radius 1 is 1.50 bits per heavy atom. The highest BCUT2D eigenvalue weighted by Gasteiger charge is 2.42. The zero-order chi connectivity index (χ0) is 14.2. The van der Waals surface area contributed by atoms with E-state index in [9.17, 15) is 5.11 Å². The van der Waals surface area contributed by atoms with Gasteiger partial charge in [0.1, 0.15) is 0 Å². The maximum absolute atomic E-state index is 10.7. The molecule has 0 amide bonds. The van der Waals surface area contributed by atoms with E-state index in [-0.39, 0.29) is 11.5 Å². The molecule has 2 nitrogen and oxygen atoms in total. The van der Waals surface area contributed by atoms with Gasteiger partial charge in [0.2, 0.25) is 0 Å². The molecule has 3 unspecified atom stereocenters. The third kappa shape index (κ3) is 2.91. The second kappa shape index (κ2) is 6.17. The third-order valence-corrected chi connectivity index (χ3v) is 6.88. The summed E-state index contributed by atoms with van der Waals surface area (Å²) in [6.45, 7) is 0.744. The largest absolute Gasteiger partial charge is 0.388 e. The van der Waals surface area contributed by atoms with Gasteiger partial charge < -0.3 is 9.84 Å². The highest BCUT2D eigenvalue weighted by Crippen LogP contribution is 2.45. The molecule has 0 radical (unpaired) electrons. The molecule has 110 valence electrons. The summed E-state index contributed by atoms with van der Waals surface area (Å²) in [5, 5.41) is 11.4. The summed E-state index contributed by atoms with van der Waals surface area (Å²) >= 11 is 11.7. The number of halogens is 2. The van der Waals surface area contributed by atoms with Crippen LogP contribution in [0.25, 0.3) is 0 Å². The van der Waals surface area contributed by atoms with Crippen LogP contribution in [0.15, 0.2) is 22.7 Å². The molecule has 0 bridgehead atoms. The first-order valence-electron chi connectivity index (χ1n) is 6.95. The number of hydrogen-bond acceptors (Lipinski definition) is 3. The summed E-state index contributed by atoms with van der Waals surface area (Å²) in [4.78, 5) is 0. The summed E-state index contributed by atoms with van der Waals surface area (Å²) in [6, 6.07) is 5.75. The van der Waals surface area contributed by atoms with Crippen molar-refractivity contribution < 1.29 is 9.84 Å². The van der Waals surface area contributed by atoms with Crippen LogP contribution in [0, 0.1) is 5.92 Å². The predicted octanol–water partition coefficient (Wildman–Crippen LogP) is 4.44. The smallest absolute Gasteiger partial charge is 0.0834 e. The number of rotatable bonds is 2. The fourth-order valence-corrected chi connectivity index (χ4v) is 5.20. The number of thioether (sulfide) groups is 1. The molecular formula is C15H18BrClO2S. The first-order chi connectivity index (χ1) is 9.61. The Morgan fingerprint density at radius 2 is 2.35 bits per heavy atom. The molecule has 2 heterocycles. The van der Waals surface area contributed by atoms with E-state index in [0.717, 1.165) is 41.7 Å². The number of aliphatic hydroxyl groups excluding tert-OH is 1. The molecule has 2 aliphatic rings. The average Bonchev–Trinajstić information content (AvgIpc) is 2.89. The molecule has 5 heteroatoms. The van der Waals surface area contributed by atoms with Gasteiger partial charge in [-0.1, -0.05) is 23.7 Å². The monoisotopic (exact) mass is 376 g/mol. The Labute approximate surface area is 137 Å². The second-order valence-electron chi connectivity index (χ2n) is 5.67. The van der Waals surface area contributed by atoms with E-state index in [1.807, 2.05) is 30.0 Å². The summed E-state index contributed by atoms with van der Waals surface area (Å²) in [6.07, 6.45) is 2.43. The van der Waals surface area contributed by atoms with Crippen molar-refractivity contribution in [3.05, 3.63) is 33.3 Å². The fourth-order valence-electron chi connectivity index (χ4n) is 3.20. The molecule has 20 heavy (non-hydrogen) atoms. The molecule has 1 spiro atoms. The quantitative estimate of drug-likeness (QED) is 0.826. The number of ether oxygens (including phenoxy) is 1. The van der Waals surface area contributed by atoms with Crippen LogP contribution in [-0.2, 0) is 4.74 Å². The Hall–Kier alpha value is 0.260. The molecule has 0 aliphatic carbocycles. The molecule has 2 fully saturated rings.